The van der Waals surface area contributed by atoms with Crippen LogP contribution < -0.4 is 5.32 Å². The van der Waals surface area contributed by atoms with Gasteiger partial charge in [-0.25, -0.2) is 4.79 Å². The first kappa shape index (κ1) is 11.6. The summed E-state index contributed by atoms with van der Waals surface area (Å²) >= 11 is 0. The summed E-state index contributed by atoms with van der Waals surface area (Å²) in [6.45, 7) is 6.53. The zero-order chi connectivity index (χ0) is 11.1. The monoisotopic (exact) mass is 206 g/mol. The van der Waals surface area contributed by atoms with Crippen molar-refractivity contribution in [2.75, 3.05) is 6.54 Å². The van der Waals surface area contributed by atoms with Crippen LogP contribution in [0.5, 0.6) is 0 Å². The number of hydrogen-bond acceptors (Lipinski definition) is 2. The smallest absolute Gasteiger partial charge is 0.407 e. The Kier molecular flexibility index (Phi) is 4.68. The molecule has 0 bridgehead atoms. The van der Waals surface area contributed by atoms with Gasteiger partial charge in [0.2, 0.25) is 0 Å². The van der Waals surface area contributed by atoms with Crippen molar-refractivity contribution in [2.24, 2.45) is 5.92 Å². The van der Waals surface area contributed by atoms with Crippen LogP contribution in [0.1, 0.15) is 12.5 Å². The maximum atomic E-state index is 11.2. The summed E-state index contributed by atoms with van der Waals surface area (Å²) < 4.78 is 5.00. The van der Waals surface area contributed by atoms with Gasteiger partial charge in [0, 0.05) is 6.54 Å². The summed E-state index contributed by atoms with van der Waals surface area (Å²) in [6.07, 6.45) is -0.394. The predicted octanol–water partition coefficient (Wildman–Crippen LogP) is 2.38. The lowest BCUT2D eigenvalue weighted by Gasteiger charge is -2.08. The number of benzene rings is 1. The van der Waals surface area contributed by atoms with Gasteiger partial charge in [-0.3, -0.25) is 0 Å². The van der Waals surface area contributed by atoms with Gasteiger partial charge in [-0.05, 0) is 18.4 Å². The molecule has 3 nitrogen and oxygen atoms in total. The Morgan fingerprint density at radius 1 is 1.47 bits per heavy atom. The number of carbonyl (C=O) groups excluding carboxylic acids is 1. The summed E-state index contributed by atoms with van der Waals surface area (Å²) in [5.41, 5.74) is 0.982. The summed E-state index contributed by atoms with van der Waals surface area (Å²) in [7, 11) is 0. The Labute approximate surface area is 90.4 Å². The third-order valence-corrected chi connectivity index (χ3v) is 1.81. The highest BCUT2D eigenvalue weighted by molar-refractivity contribution is 5.67. The molecule has 1 unspecified atom stereocenters. The number of nitrogens with one attached hydrogen (secondary N) is 1. The van der Waals surface area contributed by atoms with E-state index in [0.717, 1.165) is 5.56 Å². The molecule has 1 aromatic rings. The lowest BCUT2D eigenvalue weighted by atomic mass is 10.2. The number of rotatable bonds is 4. The van der Waals surface area contributed by atoms with E-state index in [1.807, 2.05) is 37.3 Å². The summed E-state index contributed by atoms with van der Waals surface area (Å²) in [5.74, 6) is 0.189. The summed E-state index contributed by atoms with van der Waals surface area (Å²) in [5, 5.41) is 2.63. The van der Waals surface area contributed by atoms with Crippen LogP contribution in [0.25, 0.3) is 0 Å². The molecule has 0 spiro atoms. The molecular formula is C12H16NO2. The van der Waals surface area contributed by atoms with Crippen LogP contribution in [0, 0.1) is 12.8 Å². The van der Waals surface area contributed by atoms with Gasteiger partial charge < -0.3 is 10.1 Å². The highest BCUT2D eigenvalue weighted by Gasteiger charge is 2.02. The average Bonchev–Trinajstić information content (AvgIpc) is 2.25. The van der Waals surface area contributed by atoms with Crippen molar-refractivity contribution in [3.63, 3.8) is 0 Å². The Balaban J connectivity index is 2.23. The third kappa shape index (κ3) is 5.05. The van der Waals surface area contributed by atoms with Gasteiger partial charge in [0.05, 0.1) is 0 Å². The average molecular weight is 206 g/mol. The molecule has 1 aromatic carbocycles. The van der Waals surface area contributed by atoms with Crippen molar-refractivity contribution >= 4 is 6.09 Å². The largest absolute Gasteiger partial charge is 0.445 e. The normalized spacial score (nSPS) is 10.1. The van der Waals surface area contributed by atoms with Crippen molar-refractivity contribution in [2.45, 2.75) is 13.5 Å². The lowest BCUT2D eigenvalue weighted by Crippen LogP contribution is -2.27. The second-order valence-electron chi connectivity index (χ2n) is 3.55. The van der Waals surface area contributed by atoms with Crippen molar-refractivity contribution < 1.29 is 9.53 Å². The van der Waals surface area contributed by atoms with Gasteiger partial charge in [0.25, 0.3) is 0 Å². The van der Waals surface area contributed by atoms with Gasteiger partial charge in [-0.2, -0.15) is 0 Å². The van der Waals surface area contributed by atoms with Crippen LogP contribution in [0.15, 0.2) is 30.3 Å². The maximum Gasteiger partial charge on any atom is 0.407 e. The molecule has 0 aliphatic heterocycles. The maximum absolute atomic E-state index is 11.2. The van der Waals surface area contributed by atoms with E-state index in [2.05, 4.69) is 12.2 Å². The lowest BCUT2D eigenvalue weighted by molar-refractivity contribution is 0.139. The van der Waals surface area contributed by atoms with Gasteiger partial charge in [-0.1, -0.05) is 37.3 Å². The number of alkyl carbamates (subject to hydrolysis) is 1. The molecule has 1 N–H and O–H groups in total. The first-order valence-corrected chi connectivity index (χ1v) is 4.96. The number of ether oxygens (including phenoxy) is 1. The summed E-state index contributed by atoms with van der Waals surface area (Å²) in [6, 6.07) is 9.58. The fourth-order valence-electron chi connectivity index (χ4n) is 1.03. The molecule has 0 fully saturated rings. The molecule has 1 rings (SSSR count). The van der Waals surface area contributed by atoms with Gasteiger partial charge in [0.1, 0.15) is 6.61 Å². The highest BCUT2D eigenvalue weighted by Crippen LogP contribution is 2.00. The van der Waals surface area contributed by atoms with Gasteiger partial charge in [0.15, 0.2) is 0 Å². The van der Waals surface area contributed by atoms with Crippen LogP contribution in [-0.2, 0) is 11.3 Å². The first-order valence-electron chi connectivity index (χ1n) is 4.96. The van der Waals surface area contributed by atoms with Crippen LogP contribution in [-0.4, -0.2) is 12.6 Å². The molecule has 0 aromatic heterocycles. The topological polar surface area (TPSA) is 38.3 Å². The van der Waals surface area contributed by atoms with E-state index < -0.39 is 6.09 Å². The van der Waals surface area contributed by atoms with Crippen LogP contribution >= 0.6 is 0 Å². The Hall–Kier alpha value is -1.51. The van der Waals surface area contributed by atoms with E-state index in [-0.39, 0.29) is 5.92 Å². The molecule has 0 saturated heterocycles. The van der Waals surface area contributed by atoms with E-state index in [0.29, 0.717) is 13.2 Å². The summed E-state index contributed by atoms with van der Waals surface area (Å²) in [4.78, 5) is 11.2. The Morgan fingerprint density at radius 2 is 2.13 bits per heavy atom. The van der Waals surface area contributed by atoms with Gasteiger partial charge >= 0.3 is 6.09 Å². The van der Waals surface area contributed by atoms with Crippen molar-refractivity contribution in [3.05, 3.63) is 42.8 Å². The van der Waals surface area contributed by atoms with E-state index in [9.17, 15) is 4.79 Å². The first-order chi connectivity index (χ1) is 7.18. The molecule has 0 aliphatic carbocycles. The quantitative estimate of drug-likeness (QED) is 0.821. The molecule has 0 aliphatic rings. The van der Waals surface area contributed by atoms with E-state index in [1.165, 1.54) is 0 Å². The van der Waals surface area contributed by atoms with Crippen molar-refractivity contribution in [1.82, 2.24) is 5.32 Å². The second kappa shape index (κ2) is 6.06. The highest BCUT2D eigenvalue weighted by atomic mass is 16.5. The Bertz CT molecular complexity index is 296. The van der Waals surface area contributed by atoms with Crippen LogP contribution in [0.2, 0.25) is 0 Å². The van der Waals surface area contributed by atoms with E-state index in [1.54, 1.807) is 0 Å². The second-order valence-corrected chi connectivity index (χ2v) is 3.55. The third-order valence-electron chi connectivity index (χ3n) is 1.81. The minimum atomic E-state index is -0.394. The van der Waals surface area contributed by atoms with Crippen molar-refractivity contribution in [3.8, 4) is 0 Å². The fourth-order valence-corrected chi connectivity index (χ4v) is 1.03. The zero-order valence-corrected chi connectivity index (χ0v) is 8.90. The number of carbonyl (C=O) groups is 1. The molecule has 81 valence electrons. The van der Waals surface area contributed by atoms with Crippen molar-refractivity contribution in [1.29, 1.82) is 0 Å². The molecule has 0 heterocycles. The molecule has 1 atom stereocenters. The zero-order valence-electron chi connectivity index (χ0n) is 8.90. The van der Waals surface area contributed by atoms with E-state index in [4.69, 9.17) is 4.74 Å². The minimum Gasteiger partial charge on any atom is -0.445 e. The van der Waals surface area contributed by atoms with Gasteiger partial charge in [-0.15, -0.1) is 0 Å². The molecular weight excluding hydrogens is 190 g/mol. The van der Waals surface area contributed by atoms with Crippen LogP contribution in [0.4, 0.5) is 4.79 Å². The minimum absolute atomic E-state index is 0.189. The molecule has 0 saturated carbocycles. The van der Waals surface area contributed by atoms with E-state index >= 15 is 0 Å². The van der Waals surface area contributed by atoms with Crippen LogP contribution in [0.3, 0.4) is 0 Å². The molecule has 1 amide bonds. The molecule has 15 heavy (non-hydrogen) atoms. The number of amides is 1. The standard InChI is InChI=1S/C12H16NO2/c1-10(2)8-13-12(14)15-9-11-6-4-3-5-7-11/h3-7,10H,1,8-9H2,2H3,(H,13,14). The molecule has 3 heteroatoms. The molecule has 1 radical (unpaired) electrons. The SMILES string of the molecule is [CH2]C(C)CNC(=O)OCc1ccccc1. The Morgan fingerprint density at radius 3 is 2.73 bits per heavy atom. The predicted molar refractivity (Wildman–Crippen MR) is 59.2 cm³/mol. The fraction of sp³-hybridized carbons (Fsp3) is 0.333. The number of hydrogen-bond donors (Lipinski definition) is 1.